The van der Waals surface area contributed by atoms with Gasteiger partial charge in [0, 0.05) is 6.20 Å². The number of anilines is 1. The molecule has 2 aromatic heterocycles. The van der Waals surface area contributed by atoms with E-state index in [-0.39, 0.29) is 5.91 Å². The van der Waals surface area contributed by atoms with Gasteiger partial charge in [0.2, 0.25) is 0 Å². The molecule has 100 valence electrons. The Bertz CT molecular complexity index is 731. The largest absolute Gasteiger partial charge is 0.495 e. The number of hydrogen-bond donors (Lipinski definition) is 1. The van der Waals surface area contributed by atoms with E-state index in [1.807, 2.05) is 30.3 Å². The van der Waals surface area contributed by atoms with Crippen LogP contribution >= 0.6 is 0 Å². The number of carbonyl (C=O) groups excluding carboxylic acids is 1. The highest BCUT2D eigenvalue weighted by molar-refractivity contribution is 6.04. The van der Waals surface area contributed by atoms with E-state index in [4.69, 9.17) is 4.74 Å². The van der Waals surface area contributed by atoms with Gasteiger partial charge in [-0.25, -0.2) is 4.52 Å². The Kier molecular flexibility index (Phi) is 3.09. The van der Waals surface area contributed by atoms with Gasteiger partial charge < -0.3 is 10.1 Å². The maximum Gasteiger partial charge on any atom is 0.276 e. The van der Waals surface area contributed by atoms with Crippen LogP contribution in [-0.4, -0.2) is 22.6 Å². The lowest BCUT2D eigenvalue weighted by Crippen LogP contribution is -2.13. The molecule has 3 rings (SSSR count). The lowest BCUT2D eigenvalue weighted by Gasteiger charge is -2.08. The fourth-order valence-electron chi connectivity index (χ4n) is 1.98. The number of pyridine rings is 1. The second-order valence-electron chi connectivity index (χ2n) is 4.25. The number of nitrogens with one attached hydrogen (secondary N) is 1. The SMILES string of the molecule is COc1ccccc1NC(=O)c1cc2ccccn2n1. The molecular weight excluding hydrogens is 254 g/mol. The molecule has 0 bridgehead atoms. The van der Waals surface area contributed by atoms with Crippen molar-refractivity contribution < 1.29 is 9.53 Å². The number of benzene rings is 1. The zero-order chi connectivity index (χ0) is 13.9. The molecule has 0 spiro atoms. The van der Waals surface area contributed by atoms with Crippen molar-refractivity contribution in [3.8, 4) is 5.75 Å². The second kappa shape index (κ2) is 5.05. The minimum absolute atomic E-state index is 0.266. The molecule has 0 aliphatic rings. The summed E-state index contributed by atoms with van der Waals surface area (Å²) in [7, 11) is 1.57. The third kappa shape index (κ3) is 2.21. The molecular formula is C15H13N3O2. The van der Waals surface area contributed by atoms with Crippen molar-refractivity contribution in [3.63, 3.8) is 0 Å². The third-order valence-electron chi connectivity index (χ3n) is 2.96. The highest BCUT2D eigenvalue weighted by Gasteiger charge is 2.12. The molecule has 2 heterocycles. The minimum Gasteiger partial charge on any atom is -0.495 e. The number of para-hydroxylation sites is 2. The molecule has 0 aliphatic heterocycles. The van der Waals surface area contributed by atoms with Crippen LogP contribution in [0.1, 0.15) is 10.5 Å². The van der Waals surface area contributed by atoms with Crippen molar-refractivity contribution >= 4 is 17.1 Å². The monoisotopic (exact) mass is 267 g/mol. The number of rotatable bonds is 3. The van der Waals surface area contributed by atoms with Crippen molar-refractivity contribution in [3.05, 3.63) is 60.4 Å². The van der Waals surface area contributed by atoms with Gasteiger partial charge >= 0.3 is 0 Å². The Balaban J connectivity index is 1.89. The quantitative estimate of drug-likeness (QED) is 0.793. The molecule has 1 amide bonds. The second-order valence-corrected chi connectivity index (χ2v) is 4.25. The lowest BCUT2D eigenvalue weighted by molar-refractivity contribution is 0.102. The predicted molar refractivity (Wildman–Crippen MR) is 76.1 cm³/mol. The van der Waals surface area contributed by atoms with E-state index in [0.717, 1.165) is 5.52 Å². The van der Waals surface area contributed by atoms with E-state index in [9.17, 15) is 4.79 Å². The van der Waals surface area contributed by atoms with Crippen molar-refractivity contribution in [2.45, 2.75) is 0 Å². The number of nitrogens with zero attached hydrogens (tertiary/aromatic N) is 2. The molecule has 1 aromatic carbocycles. The maximum atomic E-state index is 12.2. The summed E-state index contributed by atoms with van der Waals surface area (Å²) in [5, 5.41) is 7.03. The molecule has 0 fully saturated rings. The molecule has 5 nitrogen and oxygen atoms in total. The van der Waals surface area contributed by atoms with E-state index < -0.39 is 0 Å². The van der Waals surface area contributed by atoms with Crippen LogP contribution in [-0.2, 0) is 0 Å². The zero-order valence-corrected chi connectivity index (χ0v) is 10.9. The van der Waals surface area contributed by atoms with Crippen LogP contribution in [0.2, 0.25) is 0 Å². The number of aromatic nitrogens is 2. The van der Waals surface area contributed by atoms with E-state index in [2.05, 4.69) is 10.4 Å². The summed E-state index contributed by atoms with van der Waals surface area (Å²) >= 11 is 0. The first-order valence-electron chi connectivity index (χ1n) is 6.17. The molecule has 0 aliphatic carbocycles. The van der Waals surface area contributed by atoms with Gasteiger partial charge in [-0.15, -0.1) is 0 Å². The average molecular weight is 267 g/mol. The summed E-state index contributed by atoms with van der Waals surface area (Å²) in [4.78, 5) is 12.2. The van der Waals surface area contributed by atoms with Crippen molar-refractivity contribution in [2.24, 2.45) is 0 Å². The van der Waals surface area contributed by atoms with Gasteiger partial charge in [-0.1, -0.05) is 18.2 Å². The van der Waals surface area contributed by atoms with Crippen LogP contribution in [0.3, 0.4) is 0 Å². The molecule has 0 atom stereocenters. The van der Waals surface area contributed by atoms with Crippen LogP contribution in [0, 0.1) is 0 Å². The Morgan fingerprint density at radius 1 is 1.20 bits per heavy atom. The smallest absolute Gasteiger partial charge is 0.276 e. The van der Waals surface area contributed by atoms with Gasteiger partial charge in [0.05, 0.1) is 18.3 Å². The number of amides is 1. The zero-order valence-electron chi connectivity index (χ0n) is 10.9. The van der Waals surface area contributed by atoms with Gasteiger partial charge in [0.1, 0.15) is 5.75 Å². The molecule has 1 N–H and O–H groups in total. The normalized spacial score (nSPS) is 10.4. The summed E-state index contributed by atoms with van der Waals surface area (Å²) in [5.41, 5.74) is 1.86. The third-order valence-corrected chi connectivity index (χ3v) is 2.96. The minimum atomic E-state index is -0.266. The average Bonchev–Trinajstić information content (AvgIpc) is 2.92. The van der Waals surface area contributed by atoms with Crippen LogP contribution in [0.15, 0.2) is 54.7 Å². The number of ether oxygens (including phenoxy) is 1. The number of fused-ring (bicyclic) bond motifs is 1. The Labute approximate surface area is 115 Å². The molecule has 0 unspecified atom stereocenters. The van der Waals surface area contributed by atoms with E-state index in [1.165, 1.54) is 0 Å². The highest BCUT2D eigenvalue weighted by atomic mass is 16.5. The number of carbonyl (C=O) groups is 1. The Hall–Kier alpha value is -2.82. The Morgan fingerprint density at radius 3 is 2.80 bits per heavy atom. The van der Waals surface area contributed by atoms with Gasteiger partial charge in [-0.05, 0) is 30.3 Å². The van der Waals surface area contributed by atoms with E-state index in [1.54, 1.807) is 36.0 Å². The summed E-state index contributed by atoms with van der Waals surface area (Å²) in [5.74, 6) is 0.350. The van der Waals surface area contributed by atoms with Gasteiger partial charge in [-0.3, -0.25) is 4.79 Å². The summed E-state index contributed by atoms with van der Waals surface area (Å²) in [6.07, 6.45) is 1.80. The maximum absolute atomic E-state index is 12.2. The van der Waals surface area contributed by atoms with Crippen LogP contribution < -0.4 is 10.1 Å². The first kappa shape index (κ1) is 12.2. The van der Waals surface area contributed by atoms with Crippen LogP contribution in [0.5, 0.6) is 5.75 Å². The summed E-state index contributed by atoms with van der Waals surface area (Å²) < 4.78 is 6.86. The lowest BCUT2D eigenvalue weighted by atomic mass is 10.2. The number of hydrogen-bond acceptors (Lipinski definition) is 3. The van der Waals surface area contributed by atoms with Crippen molar-refractivity contribution in [2.75, 3.05) is 12.4 Å². The number of methoxy groups -OCH3 is 1. The fourth-order valence-corrected chi connectivity index (χ4v) is 1.98. The summed E-state index contributed by atoms with van der Waals surface area (Å²) in [6, 6.07) is 14.7. The van der Waals surface area contributed by atoms with E-state index >= 15 is 0 Å². The first-order valence-corrected chi connectivity index (χ1v) is 6.17. The predicted octanol–water partition coefficient (Wildman–Crippen LogP) is 2.60. The molecule has 0 radical (unpaired) electrons. The van der Waals surface area contributed by atoms with Gasteiger partial charge in [0.25, 0.3) is 5.91 Å². The first-order chi connectivity index (χ1) is 9.78. The highest BCUT2D eigenvalue weighted by Crippen LogP contribution is 2.23. The van der Waals surface area contributed by atoms with Crippen LogP contribution in [0.4, 0.5) is 5.69 Å². The topological polar surface area (TPSA) is 55.6 Å². The van der Waals surface area contributed by atoms with Gasteiger partial charge in [0.15, 0.2) is 5.69 Å². The standard InChI is InChI=1S/C15H13N3O2/c1-20-14-8-3-2-7-12(14)16-15(19)13-10-11-6-4-5-9-18(11)17-13/h2-10H,1H3,(H,16,19). The van der Waals surface area contributed by atoms with Gasteiger partial charge in [-0.2, -0.15) is 5.10 Å². The molecule has 0 saturated heterocycles. The van der Waals surface area contributed by atoms with Crippen molar-refractivity contribution in [1.29, 1.82) is 0 Å². The molecule has 5 heteroatoms. The Morgan fingerprint density at radius 2 is 2.00 bits per heavy atom. The fraction of sp³-hybridized carbons (Fsp3) is 0.0667. The van der Waals surface area contributed by atoms with E-state index in [0.29, 0.717) is 17.1 Å². The molecule has 20 heavy (non-hydrogen) atoms. The molecule has 3 aromatic rings. The van der Waals surface area contributed by atoms with Crippen LogP contribution in [0.25, 0.3) is 5.52 Å². The summed E-state index contributed by atoms with van der Waals surface area (Å²) in [6.45, 7) is 0. The van der Waals surface area contributed by atoms with Crippen molar-refractivity contribution in [1.82, 2.24) is 9.61 Å². The molecule has 0 saturated carbocycles.